The van der Waals surface area contributed by atoms with Gasteiger partial charge in [0, 0.05) is 23.8 Å². The number of hydrogen-bond donors (Lipinski definition) is 4. The van der Waals surface area contributed by atoms with E-state index in [4.69, 9.17) is 4.74 Å². The zero-order valence-corrected chi connectivity index (χ0v) is 16.2. The Morgan fingerprint density at radius 1 is 0.966 bits per heavy atom. The summed E-state index contributed by atoms with van der Waals surface area (Å²) in [5, 5.41) is 10.9. The van der Waals surface area contributed by atoms with Gasteiger partial charge in [-0.2, -0.15) is 0 Å². The van der Waals surface area contributed by atoms with Gasteiger partial charge in [-0.25, -0.2) is 4.79 Å². The number of anilines is 1. The molecule has 0 unspecified atom stereocenters. The summed E-state index contributed by atoms with van der Waals surface area (Å²) in [5.74, 6) is 0.0971. The van der Waals surface area contributed by atoms with Crippen molar-refractivity contribution in [2.24, 2.45) is 0 Å². The Hall–Kier alpha value is -3.55. The van der Waals surface area contributed by atoms with Crippen LogP contribution in [0.5, 0.6) is 5.75 Å². The normalized spacial score (nSPS) is 12.6. The number of urea groups is 1. The molecule has 152 valence electrons. The third-order valence-corrected chi connectivity index (χ3v) is 4.38. The molecule has 1 aliphatic carbocycles. The van der Waals surface area contributed by atoms with E-state index in [0.29, 0.717) is 17.8 Å². The first-order valence-electron chi connectivity index (χ1n) is 9.39. The lowest BCUT2D eigenvalue weighted by molar-refractivity contribution is -0.120. The molecule has 2 aromatic carbocycles. The van der Waals surface area contributed by atoms with Crippen molar-refractivity contribution in [3.05, 3.63) is 59.7 Å². The Balaban J connectivity index is 1.39. The van der Waals surface area contributed by atoms with E-state index in [2.05, 4.69) is 21.3 Å². The van der Waals surface area contributed by atoms with Crippen LogP contribution in [-0.4, -0.2) is 37.5 Å². The van der Waals surface area contributed by atoms with Gasteiger partial charge in [-0.3, -0.25) is 9.59 Å². The molecule has 0 saturated heterocycles. The first kappa shape index (κ1) is 20.2. The molecule has 0 radical (unpaired) electrons. The summed E-state index contributed by atoms with van der Waals surface area (Å²) in [6, 6.07) is 13.9. The fourth-order valence-corrected chi connectivity index (χ4v) is 2.55. The van der Waals surface area contributed by atoms with Gasteiger partial charge in [0.15, 0.2) is 0 Å². The zero-order valence-electron chi connectivity index (χ0n) is 16.2. The molecule has 1 aliphatic rings. The van der Waals surface area contributed by atoms with Gasteiger partial charge in [0.1, 0.15) is 5.75 Å². The van der Waals surface area contributed by atoms with Crippen molar-refractivity contribution in [2.75, 3.05) is 19.0 Å². The number of ether oxygens (including phenoxy) is 1. The highest BCUT2D eigenvalue weighted by Crippen LogP contribution is 2.19. The summed E-state index contributed by atoms with van der Waals surface area (Å²) < 4.78 is 5.09. The van der Waals surface area contributed by atoms with E-state index < -0.39 is 0 Å². The predicted molar refractivity (Wildman–Crippen MR) is 109 cm³/mol. The lowest BCUT2D eigenvalue weighted by Crippen LogP contribution is -2.36. The van der Waals surface area contributed by atoms with Crippen LogP contribution in [-0.2, 0) is 11.3 Å². The molecule has 0 heterocycles. The van der Waals surface area contributed by atoms with E-state index in [-0.39, 0.29) is 30.4 Å². The summed E-state index contributed by atoms with van der Waals surface area (Å²) in [6.45, 7) is 0.237. The van der Waals surface area contributed by atoms with Crippen LogP contribution >= 0.6 is 0 Å². The maximum absolute atomic E-state index is 12.2. The monoisotopic (exact) mass is 396 g/mol. The quantitative estimate of drug-likeness (QED) is 0.547. The van der Waals surface area contributed by atoms with Gasteiger partial charge in [-0.15, -0.1) is 0 Å². The predicted octanol–water partition coefficient (Wildman–Crippen LogP) is 2.03. The molecular formula is C21H24N4O4. The number of benzene rings is 2. The van der Waals surface area contributed by atoms with E-state index in [1.807, 2.05) is 24.3 Å². The first-order chi connectivity index (χ1) is 14.0. The van der Waals surface area contributed by atoms with E-state index in [1.165, 1.54) is 0 Å². The Labute approximate surface area is 169 Å². The maximum Gasteiger partial charge on any atom is 0.319 e. The summed E-state index contributed by atoms with van der Waals surface area (Å²) >= 11 is 0. The molecule has 8 nitrogen and oxygen atoms in total. The van der Waals surface area contributed by atoms with Crippen molar-refractivity contribution in [3.63, 3.8) is 0 Å². The Bertz CT molecular complexity index is 861. The standard InChI is InChI=1S/C21H24N4O4/c1-29-18-10-2-14(3-11-18)12-22-19(26)13-23-20(27)15-4-6-16(7-5-15)24-21(28)25-17-8-9-17/h2-7,10-11,17H,8-9,12-13H2,1H3,(H,22,26)(H,23,27)(H2,24,25,28). The average Bonchev–Trinajstić information content (AvgIpc) is 3.55. The summed E-state index contributed by atoms with van der Waals surface area (Å²) in [5.41, 5.74) is 1.93. The van der Waals surface area contributed by atoms with Crippen LogP contribution in [0.25, 0.3) is 0 Å². The van der Waals surface area contributed by atoms with Gasteiger partial charge in [0.05, 0.1) is 13.7 Å². The van der Waals surface area contributed by atoms with Crippen LogP contribution in [0.4, 0.5) is 10.5 Å². The van der Waals surface area contributed by atoms with Crippen molar-refractivity contribution in [1.82, 2.24) is 16.0 Å². The molecule has 8 heteroatoms. The Kier molecular flexibility index (Phi) is 6.67. The molecule has 2 aromatic rings. The molecular weight excluding hydrogens is 372 g/mol. The van der Waals surface area contributed by atoms with E-state index in [1.54, 1.807) is 31.4 Å². The number of methoxy groups -OCH3 is 1. The fraction of sp³-hybridized carbons (Fsp3) is 0.286. The highest BCUT2D eigenvalue weighted by Gasteiger charge is 2.23. The van der Waals surface area contributed by atoms with Crippen LogP contribution in [0.2, 0.25) is 0 Å². The van der Waals surface area contributed by atoms with Crippen LogP contribution in [0.3, 0.4) is 0 Å². The summed E-state index contributed by atoms with van der Waals surface area (Å²) in [4.78, 5) is 35.8. The second kappa shape index (κ2) is 9.59. The van der Waals surface area contributed by atoms with Crippen molar-refractivity contribution in [1.29, 1.82) is 0 Å². The number of carbonyl (C=O) groups excluding carboxylic acids is 3. The molecule has 0 aliphatic heterocycles. The number of nitrogens with one attached hydrogen (secondary N) is 4. The first-order valence-corrected chi connectivity index (χ1v) is 9.39. The number of hydrogen-bond acceptors (Lipinski definition) is 4. The molecule has 29 heavy (non-hydrogen) atoms. The fourth-order valence-electron chi connectivity index (χ4n) is 2.55. The summed E-state index contributed by atoms with van der Waals surface area (Å²) in [7, 11) is 1.59. The number of amides is 4. The summed E-state index contributed by atoms with van der Waals surface area (Å²) in [6.07, 6.45) is 2.03. The van der Waals surface area contributed by atoms with Crippen molar-refractivity contribution >= 4 is 23.5 Å². The van der Waals surface area contributed by atoms with Gasteiger partial charge >= 0.3 is 6.03 Å². The van der Waals surface area contributed by atoms with Gasteiger partial charge in [0.2, 0.25) is 5.91 Å². The van der Waals surface area contributed by atoms with E-state index in [0.717, 1.165) is 24.2 Å². The van der Waals surface area contributed by atoms with Crippen molar-refractivity contribution in [3.8, 4) is 5.75 Å². The SMILES string of the molecule is COc1ccc(CNC(=O)CNC(=O)c2ccc(NC(=O)NC3CC3)cc2)cc1. The minimum absolute atomic E-state index is 0.126. The molecule has 4 N–H and O–H groups in total. The molecule has 1 saturated carbocycles. The lowest BCUT2D eigenvalue weighted by atomic mass is 10.2. The zero-order chi connectivity index (χ0) is 20.6. The third-order valence-electron chi connectivity index (χ3n) is 4.38. The van der Waals surface area contributed by atoms with Crippen molar-refractivity contribution < 1.29 is 19.1 Å². The van der Waals surface area contributed by atoms with Crippen molar-refractivity contribution in [2.45, 2.75) is 25.4 Å². The van der Waals surface area contributed by atoms with Crippen LogP contribution in [0.15, 0.2) is 48.5 Å². The van der Waals surface area contributed by atoms with Gasteiger partial charge in [0.25, 0.3) is 5.91 Å². The average molecular weight is 396 g/mol. The second-order valence-electron chi connectivity index (χ2n) is 6.76. The smallest absolute Gasteiger partial charge is 0.319 e. The third kappa shape index (κ3) is 6.53. The highest BCUT2D eigenvalue weighted by molar-refractivity contribution is 5.97. The van der Waals surface area contributed by atoms with E-state index in [9.17, 15) is 14.4 Å². The number of rotatable bonds is 8. The van der Waals surface area contributed by atoms with Crippen LogP contribution < -0.4 is 26.0 Å². The highest BCUT2D eigenvalue weighted by atomic mass is 16.5. The molecule has 0 atom stereocenters. The molecule has 3 rings (SSSR count). The van der Waals surface area contributed by atoms with Gasteiger partial charge in [-0.05, 0) is 54.8 Å². The number of carbonyl (C=O) groups is 3. The van der Waals surface area contributed by atoms with Gasteiger partial charge in [-0.1, -0.05) is 12.1 Å². The molecule has 0 bridgehead atoms. The lowest BCUT2D eigenvalue weighted by Gasteiger charge is -2.09. The minimum atomic E-state index is -0.362. The molecule has 1 fully saturated rings. The maximum atomic E-state index is 12.2. The van der Waals surface area contributed by atoms with E-state index >= 15 is 0 Å². The van der Waals surface area contributed by atoms with Crippen LogP contribution in [0.1, 0.15) is 28.8 Å². The Morgan fingerprint density at radius 3 is 2.28 bits per heavy atom. The Morgan fingerprint density at radius 2 is 1.66 bits per heavy atom. The topological polar surface area (TPSA) is 109 Å². The molecule has 4 amide bonds. The minimum Gasteiger partial charge on any atom is -0.497 e. The van der Waals surface area contributed by atoms with Crippen LogP contribution in [0, 0.1) is 0 Å². The molecule has 0 aromatic heterocycles. The molecule has 0 spiro atoms. The second-order valence-corrected chi connectivity index (χ2v) is 6.76. The largest absolute Gasteiger partial charge is 0.497 e. The van der Waals surface area contributed by atoms with Gasteiger partial charge < -0.3 is 26.0 Å².